The van der Waals surface area contributed by atoms with Gasteiger partial charge in [0, 0.05) is 11.1 Å². The number of ketones is 1. The molecule has 0 unspecified atom stereocenters. The van der Waals surface area contributed by atoms with Gasteiger partial charge >= 0.3 is 0 Å². The summed E-state index contributed by atoms with van der Waals surface area (Å²) in [4.78, 5) is 12.6. The molecule has 0 atom stereocenters. The largest absolute Gasteiger partial charge is 0.739 e. The van der Waals surface area contributed by atoms with E-state index in [9.17, 15) is 10.0 Å². The zero-order valence-corrected chi connectivity index (χ0v) is 12.3. The molecule has 0 heterocycles. The lowest BCUT2D eigenvalue weighted by atomic mass is 10.0. The first-order chi connectivity index (χ1) is 11.3. The van der Waals surface area contributed by atoms with E-state index in [1.54, 1.807) is 60.7 Å². The van der Waals surface area contributed by atoms with E-state index in [-0.39, 0.29) is 11.5 Å². The van der Waals surface area contributed by atoms with Crippen LogP contribution in [0, 0.1) is 5.21 Å². The highest BCUT2D eigenvalue weighted by Crippen LogP contribution is 2.23. The van der Waals surface area contributed by atoms with Gasteiger partial charge in [0.05, 0.1) is 11.4 Å². The van der Waals surface area contributed by atoms with Gasteiger partial charge in [0.2, 0.25) is 0 Å². The van der Waals surface area contributed by atoms with Crippen molar-refractivity contribution in [1.82, 2.24) is 0 Å². The maximum absolute atomic E-state index is 12.6. The lowest BCUT2D eigenvalue weighted by Crippen LogP contribution is -2.24. The summed E-state index contributed by atoms with van der Waals surface area (Å²) in [6.07, 6.45) is 0. The fraction of sp³-hybridized carbons (Fsp3) is 0. The Morgan fingerprint density at radius 3 is 2.04 bits per heavy atom. The van der Waals surface area contributed by atoms with Gasteiger partial charge in [-0.1, -0.05) is 60.7 Å². The molecule has 0 saturated carbocycles. The van der Waals surface area contributed by atoms with Crippen molar-refractivity contribution in [2.75, 3.05) is 10.6 Å². The van der Waals surface area contributed by atoms with Crippen LogP contribution in [0.5, 0.6) is 0 Å². The van der Waals surface area contributed by atoms with Gasteiger partial charge in [0.15, 0.2) is 5.78 Å². The number of para-hydroxylation sites is 2. The third-order valence-corrected chi connectivity index (χ3v) is 3.41. The van der Waals surface area contributed by atoms with Crippen LogP contribution in [-0.2, 0) is 0 Å². The highest BCUT2D eigenvalue weighted by Gasteiger charge is 2.13. The number of carbonyl (C=O) groups excluding carboxylic acids is 1. The summed E-state index contributed by atoms with van der Waals surface area (Å²) in [5.41, 5.74) is 4.58. The van der Waals surface area contributed by atoms with Crippen molar-refractivity contribution < 1.29 is 4.79 Å². The number of benzene rings is 3. The Bertz CT molecular complexity index is 789. The van der Waals surface area contributed by atoms with E-state index in [0.717, 1.165) is 0 Å². The summed E-state index contributed by atoms with van der Waals surface area (Å²) in [5.74, 6) is -0.183. The van der Waals surface area contributed by atoms with Crippen molar-refractivity contribution in [2.24, 2.45) is 0 Å². The fourth-order valence-electron chi connectivity index (χ4n) is 2.28. The van der Waals surface area contributed by atoms with Crippen LogP contribution >= 0.6 is 0 Å². The minimum Gasteiger partial charge on any atom is -0.739 e. The Labute approximate surface area is 134 Å². The number of hydrogen-bond donors (Lipinski definition) is 1. The lowest BCUT2D eigenvalue weighted by Gasteiger charge is -2.33. The molecule has 23 heavy (non-hydrogen) atoms. The van der Waals surface area contributed by atoms with Crippen LogP contribution in [0.2, 0.25) is 0 Å². The zero-order chi connectivity index (χ0) is 16.1. The number of anilines is 2. The molecule has 114 valence electrons. The van der Waals surface area contributed by atoms with E-state index < -0.39 is 0 Å². The third kappa shape index (κ3) is 3.39. The predicted octanol–water partition coefficient (Wildman–Crippen LogP) is 4.25. The zero-order valence-electron chi connectivity index (χ0n) is 12.3. The van der Waals surface area contributed by atoms with Crippen molar-refractivity contribution in [3.05, 3.63) is 101 Å². The summed E-state index contributed by atoms with van der Waals surface area (Å²) >= 11 is 0. The molecule has 3 rings (SSSR count). The number of hydrazine groups is 1. The van der Waals surface area contributed by atoms with Crippen LogP contribution in [0.4, 0.5) is 11.4 Å². The van der Waals surface area contributed by atoms with Gasteiger partial charge in [0.25, 0.3) is 0 Å². The molecule has 0 aliphatic carbocycles. The molecule has 0 bridgehead atoms. The molecule has 0 aromatic heterocycles. The first-order valence-corrected chi connectivity index (χ1v) is 7.23. The maximum atomic E-state index is 12.6. The Balaban J connectivity index is 1.90. The molecule has 3 aromatic rings. The summed E-state index contributed by atoms with van der Waals surface area (Å²) in [7, 11) is 0. The highest BCUT2D eigenvalue weighted by molar-refractivity contribution is 6.12. The monoisotopic (exact) mass is 303 g/mol. The summed E-state index contributed by atoms with van der Waals surface area (Å²) in [5, 5.41) is 13.0. The molecule has 0 fully saturated rings. The van der Waals surface area contributed by atoms with Crippen molar-refractivity contribution in [3.8, 4) is 0 Å². The average Bonchev–Trinajstić information content (AvgIpc) is 2.62. The topological polar surface area (TPSA) is 55.4 Å². The standard InChI is InChI=1S/C19H15N2O2/c22-19(15-9-3-1-4-10-15)17-13-7-8-14-18(17)21(23)20-16-11-5-2-6-12-16/h1-14,20H/q-1. The van der Waals surface area contributed by atoms with Crippen LogP contribution in [0.25, 0.3) is 0 Å². The van der Waals surface area contributed by atoms with Gasteiger partial charge in [0.1, 0.15) is 0 Å². The quantitative estimate of drug-likeness (QED) is 0.565. The molecule has 0 aliphatic rings. The van der Waals surface area contributed by atoms with Crippen LogP contribution in [0.1, 0.15) is 15.9 Å². The first-order valence-electron chi connectivity index (χ1n) is 7.23. The molecule has 0 spiro atoms. The molecule has 3 aromatic carbocycles. The molecular weight excluding hydrogens is 288 g/mol. The second kappa shape index (κ2) is 6.77. The summed E-state index contributed by atoms with van der Waals surface area (Å²) in [6.45, 7) is 0. The van der Waals surface area contributed by atoms with E-state index in [1.165, 1.54) is 0 Å². The Morgan fingerprint density at radius 1 is 0.783 bits per heavy atom. The third-order valence-electron chi connectivity index (χ3n) is 3.41. The Morgan fingerprint density at radius 2 is 1.35 bits per heavy atom. The number of nitrogens with zero attached hydrogens (tertiary/aromatic N) is 1. The van der Waals surface area contributed by atoms with Crippen molar-refractivity contribution in [3.63, 3.8) is 0 Å². The van der Waals surface area contributed by atoms with E-state index >= 15 is 0 Å². The van der Waals surface area contributed by atoms with Gasteiger partial charge in [-0.25, -0.2) is 0 Å². The van der Waals surface area contributed by atoms with Gasteiger partial charge in [-0.05, 0) is 24.3 Å². The number of hydrogen-bond acceptors (Lipinski definition) is 4. The van der Waals surface area contributed by atoms with Gasteiger partial charge < -0.3 is 15.8 Å². The van der Waals surface area contributed by atoms with Crippen LogP contribution in [0.3, 0.4) is 0 Å². The Kier molecular flexibility index (Phi) is 4.36. The normalized spacial score (nSPS) is 10.1. The van der Waals surface area contributed by atoms with Crippen LogP contribution < -0.4 is 10.6 Å². The molecular formula is C19H15N2O2-. The van der Waals surface area contributed by atoms with Gasteiger partial charge in [-0.3, -0.25) is 4.79 Å². The summed E-state index contributed by atoms with van der Waals surface area (Å²) < 4.78 is 0. The Hall–Kier alpha value is -3.11. The molecule has 0 amide bonds. The molecule has 1 N–H and O–H groups in total. The second-order valence-corrected chi connectivity index (χ2v) is 4.98. The number of nitrogens with one attached hydrogen (secondary N) is 1. The average molecular weight is 303 g/mol. The van der Waals surface area contributed by atoms with Crippen molar-refractivity contribution in [2.45, 2.75) is 0 Å². The van der Waals surface area contributed by atoms with Gasteiger partial charge in [-0.15, -0.1) is 0 Å². The molecule has 0 radical (unpaired) electrons. The smallest absolute Gasteiger partial charge is 0.195 e. The van der Waals surface area contributed by atoms with Crippen molar-refractivity contribution in [1.29, 1.82) is 0 Å². The highest BCUT2D eigenvalue weighted by atomic mass is 16.5. The molecule has 0 aliphatic heterocycles. The van der Waals surface area contributed by atoms with Crippen LogP contribution in [0.15, 0.2) is 84.9 Å². The van der Waals surface area contributed by atoms with E-state index in [2.05, 4.69) is 5.43 Å². The molecule has 4 heteroatoms. The predicted molar refractivity (Wildman–Crippen MR) is 92.2 cm³/mol. The first kappa shape index (κ1) is 14.8. The van der Waals surface area contributed by atoms with Crippen LogP contribution in [-0.4, -0.2) is 5.78 Å². The maximum Gasteiger partial charge on any atom is 0.195 e. The number of rotatable bonds is 5. The SMILES string of the molecule is O=C(c1ccccc1)c1ccccc1N([O-])Nc1ccccc1. The van der Waals surface area contributed by atoms with Crippen molar-refractivity contribution >= 4 is 17.2 Å². The van der Waals surface area contributed by atoms with E-state index in [1.807, 2.05) is 24.3 Å². The minimum absolute atomic E-state index is 0.183. The lowest BCUT2D eigenvalue weighted by molar-refractivity contribution is 0.103. The molecule has 0 saturated heterocycles. The molecule has 4 nitrogen and oxygen atoms in total. The fourth-order valence-corrected chi connectivity index (χ4v) is 2.28. The number of carbonyl (C=O) groups is 1. The minimum atomic E-state index is -0.183. The second-order valence-electron chi connectivity index (χ2n) is 4.98. The van der Waals surface area contributed by atoms with E-state index in [4.69, 9.17) is 0 Å². The van der Waals surface area contributed by atoms with E-state index in [0.29, 0.717) is 22.0 Å². The summed E-state index contributed by atoms with van der Waals surface area (Å²) in [6, 6.07) is 24.8. The van der Waals surface area contributed by atoms with Gasteiger partial charge in [-0.2, -0.15) is 0 Å².